The first-order valence-corrected chi connectivity index (χ1v) is 4.45. The van der Waals surface area contributed by atoms with Crippen LogP contribution in [-0.2, 0) is 9.53 Å². The second kappa shape index (κ2) is 2.70. The number of carbonyl (C=O) groups is 1. The summed E-state index contributed by atoms with van der Waals surface area (Å²) in [5.41, 5.74) is 0. The number of ketones is 1. The SMILES string of the molecule is CO[C@@H]1[C@H](C(C)=O)[C@@H]2C=C[C@H]1C2. The third-order valence-electron chi connectivity index (χ3n) is 3.13. The monoisotopic (exact) mass is 166 g/mol. The van der Waals surface area contributed by atoms with Gasteiger partial charge in [0.1, 0.15) is 5.78 Å². The van der Waals surface area contributed by atoms with E-state index >= 15 is 0 Å². The van der Waals surface area contributed by atoms with Crippen LogP contribution >= 0.6 is 0 Å². The van der Waals surface area contributed by atoms with Crippen LogP contribution in [0.1, 0.15) is 13.3 Å². The maximum atomic E-state index is 11.3. The molecule has 2 heteroatoms. The van der Waals surface area contributed by atoms with E-state index in [4.69, 9.17) is 4.74 Å². The van der Waals surface area contributed by atoms with Crippen molar-refractivity contribution < 1.29 is 9.53 Å². The summed E-state index contributed by atoms with van der Waals surface area (Å²) in [7, 11) is 1.70. The first-order chi connectivity index (χ1) is 5.74. The molecule has 2 aliphatic rings. The van der Waals surface area contributed by atoms with Crippen LogP contribution in [0.3, 0.4) is 0 Å². The van der Waals surface area contributed by atoms with Gasteiger partial charge in [-0.1, -0.05) is 12.2 Å². The van der Waals surface area contributed by atoms with Gasteiger partial charge in [-0.15, -0.1) is 0 Å². The molecule has 0 N–H and O–H groups in total. The molecule has 2 bridgehead atoms. The minimum Gasteiger partial charge on any atom is -0.380 e. The van der Waals surface area contributed by atoms with E-state index in [9.17, 15) is 4.79 Å². The van der Waals surface area contributed by atoms with Gasteiger partial charge in [-0.05, 0) is 19.3 Å². The van der Waals surface area contributed by atoms with Crippen LogP contribution in [0.2, 0.25) is 0 Å². The standard InChI is InChI=1S/C10H14O2/c1-6(11)9-7-3-4-8(5-7)10(9)12-2/h3-4,7-10H,5H2,1-2H3/t7-,8+,9-,10+/m1/s1. The molecule has 0 aliphatic heterocycles. The molecule has 1 fully saturated rings. The molecule has 12 heavy (non-hydrogen) atoms. The molecule has 2 rings (SSSR count). The van der Waals surface area contributed by atoms with Crippen molar-refractivity contribution in [2.75, 3.05) is 7.11 Å². The molecule has 2 nitrogen and oxygen atoms in total. The average molecular weight is 166 g/mol. The molecule has 1 saturated carbocycles. The van der Waals surface area contributed by atoms with Gasteiger partial charge in [-0.25, -0.2) is 0 Å². The fourth-order valence-corrected chi connectivity index (χ4v) is 2.63. The number of carbonyl (C=O) groups excluding carboxylic acids is 1. The van der Waals surface area contributed by atoms with Gasteiger partial charge in [-0.3, -0.25) is 4.79 Å². The van der Waals surface area contributed by atoms with Gasteiger partial charge in [0.2, 0.25) is 0 Å². The van der Waals surface area contributed by atoms with Crippen molar-refractivity contribution in [3.8, 4) is 0 Å². The Kier molecular flexibility index (Phi) is 1.80. The summed E-state index contributed by atoms with van der Waals surface area (Å²) in [5, 5.41) is 0. The van der Waals surface area contributed by atoms with Gasteiger partial charge in [0.15, 0.2) is 0 Å². The van der Waals surface area contributed by atoms with E-state index in [-0.39, 0.29) is 17.8 Å². The third-order valence-corrected chi connectivity index (χ3v) is 3.13. The highest BCUT2D eigenvalue weighted by Crippen LogP contribution is 2.45. The number of Topliss-reactive ketones (excluding diaryl/α,β-unsaturated/α-hetero) is 1. The van der Waals surface area contributed by atoms with Crippen LogP contribution < -0.4 is 0 Å². The van der Waals surface area contributed by atoms with E-state index in [0.717, 1.165) is 6.42 Å². The summed E-state index contributed by atoms with van der Waals surface area (Å²) in [5.74, 6) is 1.36. The number of ether oxygens (including phenoxy) is 1. The van der Waals surface area contributed by atoms with Gasteiger partial charge in [0.25, 0.3) is 0 Å². The Hall–Kier alpha value is -0.630. The smallest absolute Gasteiger partial charge is 0.136 e. The number of rotatable bonds is 2. The molecule has 0 aromatic heterocycles. The zero-order valence-corrected chi connectivity index (χ0v) is 7.49. The van der Waals surface area contributed by atoms with Crippen molar-refractivity contribution >= 4 is 5.78 Å². The van der Waals surface area contributed by atoms with Crippen LogP contribution in [0.4, 0.5) is 0 Å². The molecule has 0 spiro atoms. The third kappa shape index (κ3) is 0.944. The molecule has 0 unspecified atom stereocenters. The van der Waals surface area contributed by atoms with Crippen LogP contribution in [0.5, 0.6) is 0 Å². The highest BCUT2D eigenvalue weighted by molar-refractivity contribution is 5.80. The largest absolute Gasteiger partial charge is 0.380 e. The number of allylic oxidation sites excluding steroid dienone is 1. The number of fused-ring (bicyclic) bond motifs is 2. The first kappa shape index (κ1) is 7.99. The Morgan fingerprint density at radius 1 is 1.42 bits per heavy atom. The van der Waals surface area contributed by atoms with E-state index in [1.54, 1.807) is 14.0 Å². The molecule has 0 heterocycles. The van der Waals surface area contributed by atoms with Gasteiger partial charge < -0.3 is 4.74 Å². The second-order valence-electron chi connectivity index (χ2n) is 3.79. The predicted octanol–water partition coefficient (Wildman–Crippen LogP) is 1.41. The molecular formula is C10H14O2. The Morgan fingerprint density at radius 2 is 2.08 bits per heavy atom. The first-order valence-electron chi connectivity index (χ1n) is 4.45. The Bertz CT molecular complexity index is 232. The maximum Gasteiger partial charge on any atom is 0.136 e. The van der Waals surface area contributed by atoms with E-state index in [1.165, 1.54) is 0 Å². The zero-order chi connectivity index (χ0) is 8.72. The second-order valence-corrected chi connectivity index (χ2v) is 3.79. The number of hydrogen-bond acceptors (Lipinski definition) is 2. The Morgan fingerprint density at radius 3 is 2.58 bits per heavy atom. The zero-order valence-electron chi connectivity index (χ0n) is 7.49. The van der Waals surface area contributed by atoms with Crippen LogP contribution in [-0.4, -0.2) is 19.0 Å². The van der Waals surface area contributed by atoms with Gasteiger partial charge in [0, 0.05) is 13.0 Å². The highest BCUT2D eigenvalue weighted by atomic mass is 16.5. The summed E-state index contributed by atoms with van der Waals surface area (Å²) in [4.78, 5) is 11.3. The summed E-state index contributed by atoms with van der Waals surface area (Å²) in [6.45, 7) is 1.67. The van der Waals surface area contributed by atoms with Gasteiger partial charge >= 0.3 is 0 Å². The maximum absolute atomic E-state index is 11.3. The van der Waals surface area contributed by atoms with E-state index in [2.05, 4.69) is 12.2 Å². The van der Waals surface area contributed by atoms with Crippen LogP contribution in [0.25, 0.3) is 0 Å². The lowest BCUT2D eigenvalue weighted by atomic mass is 9.88. The minimum atomic E-state index is 0.130. The molecule has 2 aliphatic carbocycles. The minimum absolute atomic E-state index is 0.130. The van der Waals surface area contributed by atoms with Crippen molar-refractivity contribution in [1.82, 2.24) is 0 Å². The molecular weight excluding hydrogens is 152 g/mol. The van der Waals surface area contributed by atoms with Crippen molar-refractivity contribution in [1.29, 1.82) is 0 Å². The fourth-order valence-electron chi connectivity index (χ4n) is 2.63. The average Bonchev–Trinajstić information content (AvgIpc) is 2.60. The van der Waals surface area contributed by atoms with Gasteiger partial charge in [0.05, 0.1) is 12.0 Å². The molecule has 0 radical (unpaired) electrons. The lowest BCUT2D eigenvalue weighted by Gasteiger charge is -2.24. The van der Waals surface area contributed by atoms with E-state index in [1.807, 2.05) is 0 Å². The Balaban J connectivity index is 2.23. The normalized spacial score (nSPS) is 43.8. The van der Waals surface area contributed by atoms with Crippen LogP contribution in [0.15, 0.2) is 12.2 Å². The quantitative estimate of drug-likeness (QED) is 0.580. The van der Waals surface area contributed by atoms with Crippen LogP contribution in [0, 0.1) is 17.8 Å². The fraction of sp³-hybridized carbons (Fsp3) is 0.700. The van der Waals surface area contributed by atoms with Crippen molar-refractivity contribution in [2.24, 2.45) is 17.8 Å². The van der Waals surface area contributed by atoms with Crippen molar-refractivity contribution in [3.63, 3.8) is 0 Å². The molecule has 0 aromatic rings. The number of methoxy groups -OCH3 is 1. The lowest BCUT2D eigenvalue weighted by molar-refractivity contribution is -0.125. The summed E-state index contributed by atoms with van der Waals surface area (Å²) in [6.07, 6.45) is 5.63. The highest BCUT2D eigenvalue weighted by Gasteiger charge is 2.46. The van der Waals surface area contributed by atoms with Crippen molar-refractivity contribution in [3.05, 3.63) is 12.2 Å². The number of hydrogen-bond donors (Lipinski definition) is 0. The van der Waals surface area contributed by atoms with E-state index < -0.39 is 0 Å². The van der Waals surface area contributed by atoms with Gasteiger partial charge in [-0.2, -0.15) is 0 Å². The van der Waals surface area contributed by atoms with Crippen molar-refractivity contribution in [2.45, 2.75) is 19.4 Å². The summed E-state index contributed by atoms with van der Waals surface area (Å²) >= 11 is 0. The molecule has 0 amide bonds. The lowest BCUT2D eigenvalue weighted by Crippen LogP contribution is -2.31. The molecule has 0 saturated heterocycles. The van der Waals surface area contributed by atoms with E-state index in [0.29, 0.717) is 11.8 Å². The molecule has 66 valence electrons. The molecule has 4 atom stereocenters. The topological polar surface area (TPSA) is 26.3 Å². The Labute approximate surface area is 72.6 Å². The molecule has 0 aromatic carbocycles. The summed E-state index contributed by atoms with van der Waals surface area (Å²) < 4.78 is 5.35. The summed E-state index contributed by atoms with van der Waals surface area (Å²) in [6, 6.07) is 0. The predicted molar refractivity (Wildman–Crippen MR) is 45.7 cm³/mol.